The first-order valence-corrected chi connectivity index (χ1v) is 4.40. The summed E-state index contributed by atoms with van der Waals surface area (Å²) < 4.78 is 36.7. The predicted octanol–water partition coefficient (Wildman–Crippen LogP) is 1.25. The molecule has 1 aromatic rings. The van der Waals surface area contributed by atoms with Gasteiger partial charge in [-0.2, -0.15) is 18.3 Å². The molecule has 0 aliphatic heterocycles. The van der Waals surface area contributed by atoms with E-state index in [9.17, 15) is 18.0 Å². The summed E-state index contributed by atoms with van der Waals surface area (Å²) in [6.45, 7) is 2.18. The zero-order valence-corrected chi connectivity index (χ0v) is 8.29. The number of nitrogens with zero attached hydrogens (tertiary/aromatic N) is 2. The Labute approximate surface area is 89.7 Å². The summed E-state index contributed by atoms with van der Waals surface area (Å²) in [4.78, 5) is 10.8. The number of carbonyl (C=O) groups is 1. The van der Waals surface area contributed by atoms with Gasteiger partial charge in [0.2, 0.25) is 5.91 Å². The molecule has 0 saturated heterocycles. The van der Waals surface area contributed by atoms with Crippen molar-refractivity contribution in [1.29, 1.82) is 0 Å². The van der Waals surface area contributed by atoms with Gasteiger partial charge in [0, 0.05) is 6.20 Å². The van der Waals surface area contributed by atoms with Crippen molar-refractivity contribution in [3.63, 3.8) is 0 Å². The van der Waals surface area contributed by atoms with Crippen LogP contribution >= 0.6 is 0 Å². The molecule has 1 N–H and O–H groups in total. The average Bonchev–Trinajstić information content (AvgIpc) is 2.59. The summed E-state index contributed by atoms with van der Waals surface area (Å²) in [5, 5.41) is 6.06. The van der Waals surface area contributed by atoms with Gasteiger partial charge in [-0.15, -0.1) is 0 Å². The summed E-state index contributed by atoms with van der Waals surface area (Å²) in [7, 11) is 0. The lowest BCUT2D eigenvalue weighted by molar-refractivity contribution is -0.142. The molecular formula is C9H10F3N3O. The summed E-state index contributed by atoms with van der Waals surface area (Å²) in [6, 6.07) is 1.41. The van der Waals surface area contributed by atoms with E-state index in [0.717, 1.165) is 10.8 Å². The molecule has 0 spiro atoms. The highest BCUT2D eigenvalue weighted by Gasteiger charge is 2.28. The normalized spacial score (nSPS) is 11.2. The fourth-order valence-corrected chi connectivity index (χ4v) is 1.02. The van der Waals surface area contributed by atoms with Gasteiger partial charge in [-0.3, -0.25) is 9.48 Å². The van der Waals surface area contributed by atoms with E-state index >= 15 is 0 Å². The Balaban J connectivity index is 2.52. The second-order valence-electron chi connectivity index (χ2n) is 3.04. The third-order valence-electron chi connectivity index (χ3n) is 1.67. The van der Waals surface area contributed by atoms with Crippen LogP contribution in [0.15, 0.2) is 24.9 Å². The van der Waals surface area contributed by atoms with E-state index in [4.69, 9.17) is 0 Å². The molecule has 16 heavy (non-hydrogen) atoms. The van der Waals surface area contributed by atoms with Gasteiger partial charge in [0.25, 0.3) is 0 Å². The van der Waals surface area contributed by atoms with Gasteiger partial charge in [-0.05, 0) is 12.1 Å². The quantitative estimate of drug-likeness (QED) is 0.795. The molecule has 0 atom stereocenters. The van der Waals surface area contributed by atoms with E-state index < -0.39 is 18.6 Å². The topological polar surface area (TPSA) is 46.9 Å². The molecular weight excluding hydrogens is 223 g/mol. The highest BCUT2D eigenvalue weighted by atomic mass is 19.4. The van der Waals surface area contributed by atoms with Gasteiger partial charge in [0.1, 0.15) is 6.54 Å². The van der Waals surface area contributed by atoms with Crippen molar-refractivity contribution in [2.24, 2.45) is 0 Å². The lowest BCUT2D eigenvalue weighted by Crippen LogP contribution is -2.21. The Morgan fingerprint density at radius 3 is 2.88 bits per heavy atom. The van der Waals surface area contributed by atoms with Crippen LogP contribution in [-0.2, 0) is 17.9 Å². The van der Waals surface area contributed by atoms with Gasteiger partial charge in [-0.1, -0.05) is 6.58 Å². The maximum absolute atomic E-state index is 12.0. The lowest BCUT2D eigenvalue weighted by Gasteiger charge is -2.05. The monoisotopic (exact) mass is 233 g/mol. The molecule has 1 heterocycles. The first kappa shape index (κ1) is 12.3. The zero-order chi connectivity index (χ0) is 12.2. The minimum Gasteiger partial charge on any atom is -0.347 e. The molecule has 0 aliphatic rings. The summed E-state index contributed by atoms with van der Waals surface area (Å²) in [5.41, 5.74) is 0.361. The Bertz CT molecular complexity index is 384. The van der Waals surface area contributed by atoms with Crippen LogP contribution in [0.5, 0.6) is 0 Å². The number of amides is 1. The number of rotatable bonds is 4. The number of alkyl halides is 3. The summed E-state index contributed by atoms with van der Waals surface area (Å²) in [6.07, 6.45) is -2.01. The van der Waals surface area contributed by atoms with Gasteiger partial charge in [0.15, 0.2) is 0 Å². The number of hydrogen-bond acceptors (Lipinski definition) is 2. The zero-order valence-electron chi connectivity index (χ0n) is 8.29. The molecule has 0 aliphatic carbocycles. The molecule has 1 amide bonds. The number of nitrogens with one attached hydrogen (secondary N) is 1. The van der Waals surface area contributed by atoms with Gasteiger partial charge >= 0.3 is 6.18 Å². The second-order valence-corrected chi connectivity index (χ2v) is 3.04. The number of carbonyl (C=O) groups excluding carboxylic acids is 1. The Morgan fingerprint density at radius 2 is 2.31 bits per heavy atom. The smallest absolute Gasteiger partial charge is 0.347 e. The van der Waals surface area contributed by atoms with Crippen LogP contribution in [0.1, 0.15) is 5.69 Å². The largest absolute Gasteiger partial charge is 0.408 e. The van der Waals surface area contributed by atoms with Gasteiger partial charge in [-0.25, -0.2) is 0 Å². The molecule has 0 fully saturated rings. The van der Waals surface area contributed by atoms with Crippen LogP contribution < -0.4 is 5.32 Å². The molecule has 88 valence electrons. The molecule has 0 saturated carbocycles. The van der Waals surface area contributed by atoms with Crippen LogP contribution in [0.4, 0.5) is 13.2 Å². The second kappa shape index (κ2) is 4.82. The first-order chi connectivity index (χ1) is 7.40. The van der Waals surface area contributed by atoms with Crippen LogP contribution in [0.3, 0.4) is 0 Å². The van der Waals surface area contributed by atoms with Crippen molar-refractivity contribution in [2.75, 3.05) is 0 Å². The van der Waals surface area contributed by atoms with Crippen LogP contribution in [0.25, 0.3) is 0 Å². The standard InChI is InChI=1S/C9H10F3N3O/c1-2-8(16)13-5-7-3-4-15(14-7)6-9(10,11)12/h2-4H,1,5-6H2,(H,13,16). The molecule has 0 radical (unpaired) electrons. The fraction of sp³-hybridized carbons (Fsp3) is 0.333. The predicted molar refractivity (Wildman–Crippen MR) is 50.3 cm³/mol. The third kappa shape index (κ3) is 4.16. The fourth-order valence-electron chi connectivity index (χ4n) is 1.02. The molecule has 1 aromatic heterocycles. The van der Waals surface area contributed by atoms with Gasteiger partial charge < -0.3 is 5.32 Å². The van der Waals surface area contributed by atoms with Crippen molar-refractivity contribution >= 4 is 5.91 Å². The summed E-state index contributed by atoms with van der Waals surface area (Å²) >= 11 is 0. The Morgan fingerprint density at radius 1 is 1.62 bits per heavy atom. The van der Waals surface area contributed by atoms with Crippen molar-refractivity contribution in [3.8, 4) is 0 Å². The van der Waals surface area contributed by atoms with E-state index in [2.05, 4.69) is 17.0 Å². The molecule has 0 aromatic carbocycles. The van der Waals surface area contributed by atoms with Crippen LogP contribution in [0.2, 0.25) is 0 Å². The minimum absolute atomic E-state index is 0.0791. The van der Waals surface area contributed by atoms with E-state index in [-0.39, 0.29) is 6.54 Å². The molecule has 1 rings (SSSR count). The maximum atomic E-state index is 12.0. The highest BCUT2D eigenvalue weighted by molar-refractivity contribution is 5.86. The van der Waals surface area contributed by atoms with Crippen molar-refractivity contribution < 1.29 is 18.0 Å². The van der Waals surface area contributed by atoms with E-state index in [0.29, 0.717) is 5.69 Å². The third-order valence-corrected chi connectivity index (χ3v) is 1.67. The molecule has 4 nitrogen and oxygen atoms in total. The highest BCUT2D eigenvalue weighted by Crippen LogP contribution is 2.16. The van der Waals surface area contributed by atoms with E-state index in [1.54, 1.807) is 0 Å². The van der Waals surface area contributed by atoms with E-state index in [1.807, 2.05) is 0 Å². The molecule has 7 heteroatoms. The van der Waals surface area contributed by atoms with Crippen LogP contribution in [0, 0.1) is 0 Å². The van der Waals surface area contributed by atoms with E-state index in [1.165, 1.54) is 12.3 Å². The average molecular weight is 233 g/mol. The summed E-state index contributed by atoms with van der Waals surface area (Å²) in [5.74, 6) is -0.398. The van der Waals surface area contributed by atoms with Crippen molar-refractivity contribution in [3.05, 3.63) is 30.6 Å². The van der Waals surface area contributed by atoms with Gasteiger partial charge in [0.05, 0.1) is 12.2 Å². The van der Waals surface area contributed by atoms with Crippen molar-refractivity contribution in [2.45, 2.75) is 19.3 Å². The lowest BCUT2D eigenvalue weighted by atomic mass is 10.4. The van der Waals surface area contributed by atoms with Crippen molar-refractivity contribution in [1.82, 2.24) is 15.1 Å². The number of halogens is 3. The van der Waals surface area contributed by atoms with Crippen LogP contribution in [-0.4, -0.2) is 21.9 Å². The minimum atomic E-state index is -4.30. The number of aromatic nitrogens is 2. The molecule has 0 bridgehead atoms. The maximum Gasteiger partial charge on any atom is 0.408 e. The number of hydrogen-bond donors (Lipinski definition) is 1. The molecule has 0 unspecified atom stereocenters. The SMILES string of the molecule is C=CC(=O)NCc1ccn(CC(F)(F)F)n1. The Kier molecular flexibility index (Phi) is 3.70. The first-order valence-electron chi connectivity index (χ1n) is 4.40. The Hall–Kier alpha value is -1.79.